The molecule has 5 heteroatoms. The first-order chi connectivity index (χ1) is 12.1. The van der Waals surface area contributed by atoms with E-state index >= 15 is 0 Å². The minimum atomic E-state index is -0.178. The Kier molecular flexibility index (Phi) is 4.40. The topological polar surface area (TPSA) is 49.8 Å². The molecule has 2 aromatic rings. The summed E-state index contributed by atoms with van der Waals surface area (Å²) in [6, 6.07) is 12.2. The van der Waals surface area contributed by atoms with Crippen LogP contribution in [0.5, 0.6) is 0 Å². The van der Waals surface area contributed by atoms with Crippen molar-refractivity contribution in [2.24, 2.45) is 11.3 Å². The summed E-state index contributed by atoms with van der Waals surface area (Å²) in [5.41, 5.74) is 2.11. The second-order valence-electron chi connectivity index (χ2n) is 7.22. The van der Waals surface area contributed by atoms with E-state index in [0.717, 1.165) is 27.3 Å². The molecule has 2 fully saturated rings. The molecule has 1 aromatic heterocycles. The van der Waals surface area contributed by atoms with E-state index in [1.807, 2.05) is 29.2 Å². The van der Waals surface area contributed by atoms with Crippen LogP contribution in [0, 0.1) is 18.3 Å². The molecule has 0 radical (unpaired) electrons. The number of rotatable bonds is 3. The molecule has 2 aliphatic heterocycles. The lowest BCUT2D eigenvalue weighted by atomic mass is 9.75. The second kappa shape index (κ2) is 6.56. The Labute approximate surface area is 152 Å². The van der Waals surface area contributed by atoms with E-state index in [0.29, 0.717) is 26.3 Å². The quantitative estimate of drug-likeness (QED) is 0.918. The molecule has 1 aromatic carbocycles. The van der Waals surface area contributed by atoms with Crippen molar-refractivity contribution >= 4 is 17.2 Å². The summed E-state index contributed by atoms with van der Waals surface area (Å²) in [4.78, 5) is 16.9. The zero-order valence-electron chi connectivity index (χ0n) is 14.4. The third kappa shape index (κ3) is 2.90. The summed E-state index contributed by atoms with van der Waals surface area (Å²) < 4.78 is 5.58. The first-order valence-electron chi connectivity index (χ1n) is 8.77. The maximum Gasteiger partial charge on any atom is 0.263 e. The number of ether oxygens (including phenoxy) is 1. The maximum atomic E-state index is 13.1. The molecule has 0 unspecified atom stereocenters. The third-order valence-electron chi connectivity index (χ3n) is 5.64. The zero-order valence-corrected chi connectivity index (χ0v) is 15.2. The largest absolute Gasteiger partial charge is 0.396 e. The molecule has 0 aliphatic carbocycles. The van der Waals surface area contributed by atoms with Crippen LogP contribution in [0.3, 0.4) is 0 Å². The van der Waals surface area contributed by atoms with Crippen LogP contribution in [0.2, 0.25) is 0 Å². The summed E-state index contributed by atoms with van der Waals surface area (Å²) in [5, 5.41) is 9.93. The van der Waals surface area contributed by atoms with E-state index in [-0.39, 0.29) is 23.8 Å². The molecule has 3 heterocycles. The van der Waals surface area contributed by atoms with Crippen LogP contribution in [-0.2, 0) is 4.74 Å². The van der Waals surface area contributed by atoms with Crippen molar-refractivity contribution in [2.75, 3.05) is 32.9 Å². The number of fused-ring (bicyclic) bond motifs is 1. The Morgan fingerprint density at radius 1 is 1.40 bits per heavy atom. The van der Waals surface area contributed by atoms with E-state index in [1.54, 1.807) is 11.3 Å². The molecular formula is C20H23NO3S. The van der Waals surface area contributed by atoms with Crippen molar-refractivity contribution in [1.82, 2.24) is 4.90 Å². The van der Waals surface area contributed by atoms with Gasteiger partial charge in [-0.2, -0.15) is 0 Å². The molecule has 1 amide bonds. The van der Waals surface area contributed by atoms with Crippen LogP contribution in [0.1, 0.15) is 21.7 Å². The normalized spacial score (nSPS) is 25.8. The Bertz CT molecular complexity index is 773. The minimum absolute atomic E-state index is 0.0810. The number of hydrogen-bond donors (Lipinski definition) is 1. The van der Waals surface area contributed by atoms with Crippen molar-refractivity contribution in [3.8, 4) is 10.4 Å². The van der Waals surface area contributed by atoms with Gasteiger partial charge in [-0.3, -0.25) is 4.79 Å². The highest BCUT2D eigenvalue weighted by molar-refractivity contribution is 7.17. The van der Waals surface area contributed by atoms with Crippen molar-refractivity contribution in [3.05, 3.63) is 46.8 Å². The van der Waals surface area contributed by atoms with Gasteiger partial charge in [0.2, 0.25) is 0 Å². The van der Waals surface area contributed by atoms with E-state index < -0.39 is 0 Å². The van der Waals surface area contributed by atoms with Gasteiger partial charge in [0.25, 0.3) is 5.91 Å². The Morgan fingerprint density at radius 3 is 2.92 bits per heavy atom. The standard InChI is InChI=1S/C20H23NO3S/c1-14-9-17(25-18(14)15-5-3-2-4-6-15)19(23)21-10-16-11-24-8-7-20(16,12-21)13-22/h2-6,9,16,22H,7-8,10-13H2,1H3/t16-,20-/m1/s1. The third-order valence-corrected chi connectivity index (χ3v) is 6.92. The number of hydrogen-bond acceptors (Lipinski definition) is 4. The molecule has 2 saturated heterocycles. The maximum absolute atomic E-state index is 13.1. The number of carbonyl (C=O) groups is 1. The molecule has 2 aliphatic rings. The van der Waals surface area contributed by atoms with Gasteiger partial charge in [0.15, 0.2) is 0 Å². The van der Waals surface area contributed by atoms with E-state index in [4.69, 9.17) is 4.74 Å². The van der Waals surface area contributed by atoms with E-state index in [9.17, 15) is 9.90 Å². The number of aliphatic hydroxyl groups is 1. The molecule has 0 bridgehead atoms. The number of aryl methyl sites for hydroxylation is 1. The van der Waals surface area contributed by atoms with Gasteiger partial charge >= 0.3 is 0 Å². The zero-order chi connectivity index (χ0) is 17.4. The Balaban J connectivity index is 1.58. The summed E-state index contributed by atoms with van der Waals surface area (Å²) in [6.07, 6.45) is 0.830. The molecule has 0 spiro atoms. The number of likely N-dealkylation sites (tertiary alicyclic amines) is 1. The van der Waals surface area contributed by atoms with Gasteiger partial charge in [-0.05, 0) is 30.5 Å². The molecule has 0 saturated carbocycles. The average Bonchev–Trinajstić information content (AvgIpc) is 3.23. The number of carbonyl (C=O) groups excluding carboxylic acids is 1. The van der Waals surface area contributed by atoms with Crippen LogP contribution >= 0.6 is 11.3 Å². The van der Waals surface area contributed by atoms with Crippen molar-refractivity contribution in [1.29, 1.82) is 0 Å². The molecule has 4 rings (SSSR count). The van der Waals surface area contributed by atoms with Crippen LogP contribution in [0.25, 0.3) is 10.4 Å². The summed E-state index contributed by atoms with van der Waals surface area (Å²) in [5.74, 6) is 0.322. The summed E-state index contributed by atoms with van der Waals surface area (Å²) >= 11 is 1.56. The van der Waals surface area contributed by atoms with Crippen molar-refractivity contribution in [3.63, 3.8) is 0 Å². The van der Waals surface area contributed by atoms with Gasteiger partial charge in [0.05, 0.1) is 18.1 Å². The molecule has 4 nitrogen and oxygen atoms in total. The average molecular weight is 357 g/mol. The fourth-order valence-electron chi connectivity index (χ4n) is 4.08. The number of thiophene rings is 1. The van der Waals surface area contributed by atoms with Crippen molar-refractivity contribution in [2.45, 2.75) is 13.3 Å². The number of aliphatic hydroxyl groups excluding tert-OH is 1. The van der Waals surface area contributed by atoms with Gasteiger partial charge in [-0.15, -0.1) is 11.3 Å². The van der Waals surface area contributed by atoms with Gasteiger partial charge < -0.3 is 14.7 Å². The summed E-state index contributed by atoms with van der Waals surface area (Å²) in [7, 11) is 0. The predicted molar refractivity (Wildman–Crippen MR) is 98.8 cm³/mol. The molecule has 25 heavy (non-hydrogen) atoms. The lowest BCUT2D eigenvalue weighted by Crippen LogP contribution is -2.41. The van der Waals surface area contributed by atoms with Crippen molar-refractivity contribution < 1.29 is 14.6 Å². The highest BCUT2D eigenvalue weighted by Crippen LogP contribution is 2.43. The van der Waals surface area contributed by atoms with Gasteiger partial charge in [0, 0.05) is 35.9 Å². The molecular weight excluding hydrogens is 334 g/mol. The van der Waals surface area contributed by atoms with E-state index in [2.05, 4.69) is 19.1 Å². The fraction of sp³-hybridized carbons (Fsp3) is 0.450. The molecule has 2 atom stereocenters. The van der Waals surface area contributed by atoms with Crippen LogP contribution < -0.4 is 0 Å². The number of amides is 1. The van der Waals surface area contributed by atoms with Crippen LogP contribution in [0.4, 0.5) is 0 Å². The predicted octanol–water partition coefficient (Wildman–Crippen LogP) is 3.19. The number of benzene rings is 1. The van der Waals surface area contributed by atoms with E-state index in [1.165, 1.54) is 0 Å². The minimum Gasteiger partial charge on any atom is -0.396 e. The van der Waals surface area contributed by atoms with Gasteiger partial charge in [-0.1, -0.05) is 30.3 Å². The highest BCUT2D eigenvalue weighted by Gasteiger charge is 2.49. The highest BCUT2D eigenvalue weighted by atomic mass is 32.1. The summed E-state index contributed by atoms with van der Waals surface area (Å²) in [6.45, 7) is 4.81. The first kappa shape index (κ1) is 16.8. The monoisotopic (exact) mass is 357 g/mol. The first-order valence-corrected chi connectivity index (χ1v) is 9.58. The smallest absolute Gasteiger partial charge is 0.263 e. The lowest BCUT2D eigenvalue weighted by molar-refractivity contribution is -0.0415. The van der Waals surface area contributed by atoms with Crippen LogP contribution in [-0.4, -0.2) is 48.8 Å². The van der Waals surface area contributed by atoms with Gasteiger partial charge in [-0.25, -0.2) is 0 Å². The molecule has 1 N–H and O–H groups in total. The van der Waals surface area contributed by atoms with Crippen LogP contribution in [0.15, 0.2) is 36.4 Å². The number of nitrogens with zero attached hydrogens (tertiary/aromatic N) is 1. The Morgan fingerprint density at radius 2 is 2.20 bits per heavy atom. The SMILES string of the molecule is Cc1cc(C(=O)N2C[C@@H]3COCC[C@]3(CO)C2)sc1-c1ccccc1. The second-order valence-corrected chi connectivity index (χ2v) is 8.27. The lowest BCUT2D eigenvalue weighted by Gasteiger charge is -2.36. The molecule has 132 valence electrons. The van der Waals surface area contributed by atoms with Gasteiger partial charge in [0.1, 0.15) is 0 Å². The Hall–Kier alpha value is -1.69. The fourth-order valence-corrected chi connectivity index (χ4v) is 5.23.